The molecule has 21 heavy (non-hydrogen) atoms. The molecule has 0 aliphatic rings. The molecule has 4 rings (SSSR count). The number of H-pyrrole nitrogens is 1. The average molecular weight is 275 g/mol. The van der Waals surface area contributed by atoms with Crippen LogP contribution >= 0.6 is 0 Å². The minimum Gasteiger partial charge on any atom is -0.306 e. The Morgan fingerprint density at radius 1 is 1.10 bits per heavy atom. The molecule has 0 aliphatic heterocycles. The van der Waals surface area contributed by atoms with E-state index in [-0.39, 0.29) is 0 Å². The van der Waals surface area contributed by atoms with Crippen molar-refractivity contribution in [3.63, 3.8) is 0 Å². The van der Waals surface area contributed by atoms with E-state index in [4.69, 9.17) is 0 Å². The lowest BCUT2D eigenvalue weighted by Crippen LogP contribution is -1.98. The molecule has 0 aliphatic carbocycles. The van der Waals surface area contributed by atoms with Crippen LogP contribution in [0.1, 0.15) is 11.1 Å². The average Bonchev–Trinajstić information content (AvgIpc) is 3.19. The first-order valence-corrected chi connectivity index (χ1v) is 6.76. The molecule has 102 valence electrons. The van der Waals surface area contributed by atoms with Crippen molar-refractivity contribution >= 4 is 11.0 Å². The molecule has 5 nitrogen and oxygen atoms in total. The number of hydrogen-bond acceptors (Lipinski definition) is 3. The van der Waals surface area contributed by atoms with Gasteiger partial charge in [0.05, 0.1) is 11.8 Å². The van der Waals surface area contributed by atoms with Gasteiger partial charge in [0.25, 0.3) is 0 Å². The van der Waals surface area contributed by atoms with Gasteiger partial charge in [-0.2, -0.15) is 0 Å². The number of imidazole rings is 1. The van der Waals surface area contributed by atoms with Gasteiger partial charge in [-0.15, -0.1) is 5.10 Å². The number of fused-ring (bicyclic) bond motifs is 1. The van der Waals surface area contributed by atoms with Gasteiger partial charge in [-0.25, -0.2) is 4.98 Å². The topological polar surface area (TPSA) is 59.4 Å². The molecular weight excluding hydrogens is 262 g/mol. The molecule has 5 heteroatoms. The monoisotopic (exact) mass is 275 g/mol. The van der Waals surface area contributed by atoms with E-state index in [2.05, 4.69) is 50.7 Å². The Morgan fingerprint density at radius 3 is 2.95 bits per heavy atom. The Bertz CT molecular complexity index is 876. The Balaban J connectivity index is 1.74. The van der Waals surface area contributed by atoms with Gasteiger partial charge >= 0.3 is 0 Å². The van der Waals surface area contributed by atoms with Crippen LogP contribution < -0.4 is 0 Å². The molecule has 0 saturated carbocycles. The van der Waals surface area contributed by atoms with Crippen molar-refractivity contribution in [2.75, 3.05) is 0 Å². The summed E-state index contributed by atoms with van der Waals surface area (Å²) in [4.78, 5) is 4.12. The maximum absolute atomic E-state index is 4.12. The van der Waals surface area contributed by atoms with Crippen molar-refractivity contribution in [1.82, 2.24) is 25.0 Å². The number of hydrogen-bond donors (Lipinski definition) is 1. The lowest BCUT2D eigenvalue weighted by molar-refractivity contribution is 0.959. The molecule has 0 fully saturated rings. The van der Waals surface area contributed by atoms with Crippen LogP contribution in [0.25, 0.3) is 16.7 Å². The number of aromatic amines is 1. The fourth-order valence-corrected chi connectivity index (χ4v) is 2.53. The summed E-state index contributed by atoms with van der Waals surface area (Å²) in [6, 6.07) is 14.5. The summed E-state index contributed by atoms with van der Waals surface area (Å²) in [6.07, 6.45) is 6.41. The summed E-state index contributed by atoms with van der Waals surface area (Å²) in [5.41, 5.74) is 5.46. The molecule has 2 heterocycles. The quantitative estimate of drug-likeness (QED) is 0.625. The number of para-hydroxylation sites is 1. The highest BCUT2D eigenvalue weighted by Gasteiger charge is 2.06. The molecule has 0 radical (unpaired) electrons. The molecule has 0 spiro atoms. The molecule has 0 atom stereocenters. The summed E-state index contributed by atoms with van der Waals surface area (Å²) in [6.45, 7) is 0. The zero-order chi connectivity index (χ0) is 14.1. The maximum Gasteiger partial charge on any atom is 0.113 e. The van der Waals surface area contributed by atoms with Gasteiger partial charge < -0.3 is 4.57 Å². The van der Waals surface area contributed by atoms with E-state index in [0.29, 0.717) is 0 Å². The number of rotatable bonds is 3. The largest absolute Gasteiger partial charge is 0.306 e. The lowest BCUT2D eigenvalue weighted by Gasteiger charge is -2.10. The van der Waals surface area contributed by atoms with Crippen LogP contribution in [0, 0.1) is 0 Å². The van der Waals surface area contributed by atoms with E-state index < -0.39 is 0 Å². The highest BCUT2D eigenvalue weighted by atomic mass is 15.3. The van der Waals surface area contributed by atoms with Crippen LogP contribution in [-0.4, -0.2) is 25.0 Å². The second-order valence-corrected chi connectivity index (χ2v) is 4.94. The van der Waals surface area contributed by atoms with Gasteiger partial charge in [-0.1, -0.05) is 29.5 Å². The van der Waals surface area contributed by atoms with E-state index in [1.807, 2.05) is 29.2 Å². The first kappa shape index (κ1) is 11.8. The highest BCUT2D eigenvalue weighted by molar-refractivity contribution is 5.74. The van der Waals surface area contributed by atoms with Gasteiger partial charge in [0.15, 0.2) is 0 Å². The Labute approximate surface area is 121 Å². The number of nitrogens with one attached hydrogen (secondary N) is 1. The van der Waals surface area contributed by atoms with Gasteiger partial charge in [0.2, 0.25) is 0 Å². The normalized spacial score (nSPS) is 11.0. The summed E-state index contributed by atoms with van der Waals surface area (Å²) in [5, 5.41) is 10.8. The Kier molecular flexibility index (Phi) is 2.74. The van der Waals surface area contributed by atoms with Crippen LogP contribution in [0.2, 0.25) is 0 Å². The molecular formula is C16H13N5. The summed E-state index contributed by atoms with van der Waals surface area (Å²) >= 11 is 0. The second kappa shape index (κ2) is 4.86. The summed E-state index contributed by atoms with van der Waals surface area (Å²) in [5.74, 6) is 0. The molecule has 0 amide bonds. The van der Waals surface area contributed by atoms with Gasteiger partial charge in [0, 0.05) is 18.1 Å². The van der Waals surface area contributed by atoms with E-state index in [1.165, 1.54) is 11.1 Å². The Hall–Kier alpha value is -2.95. The van der Waals surface area contributed by atoms with Gasteiger partial charge in [-0.05, 0) is 35.7 Å². The Morgan fingerprint density at radius 2 is 2.05 bits per heavy atom. The smallest absolute Gasteiger partial charge is 0.113 e. The predicted molar refractivity (Wildman–Crippen MR) is 80.3 cm³/mol. The molecule has 2 aromatic heterocycles. The molecule has 0 unspecified atom stereocenters. The van der Waals surface area contributed by atoms with Crippen molar-refractivity contribution in [1.29, 1.82) is 0 Å². The molecule has 2 aromatic carbocycles. The third-order valence-electron chi connectivity index (χ3n) is 3.56. The van der Waals surface area contributed by atoms with Crippen LogP contribution in [0.3, 0.4) is 0 Å². The number of benzene rings is 2. The van der Waals surface area contributed by atoms with Crippen LogP contribution in [0.15, 0.2) is 61.2 Å². The summed E-state index contributed by atoms with van der Waals surface area (Å²) in [7, 11) is 0. The third-order valence-corrected chi connectivity index (χ3v) is 3.56. The second-order valence-electron chi connectivity index (χ2n) is 4.94. The summed E-state index contributed by atoms with van der Waals surface area (Å²) < 4.78 is 2.03. The van der Waals surface area contributed by atoms with Crippen LogP contribution in [0.5, 0.6) is 0 Å². The first-order valence-electron chi connectivity index (χ1n) is 6.76. The van der Waals surface area contributed by atoms with Gasteiger partial charge in [0.1, 0.15) is 5.52 Å². The zero-order valence-corrected chi connectivity index (χ0v) is 11.3. The van der Waals surface area contributed by atoms with Crippen molar-refractivity contribution in [3.8, 4) is 5.69 Å². The molecule has 0 saturated heterocycles. The molecule has 0 bridgehead atoms. The van der Waals surface area contributed by atoms with Crippen LogP contribution in [0.4, 0.5) is 0 Å². The predicted octanol–water partition coefficient (Wildman–Crippen LogP) is 2.73. The van der Waals surface area contributed by atoms with E-state index in [0.717, 1.165) is 23.1 Å². The maximum atomic E-state index is 4.12. The minimum atomic E-state index is 0.844. The lowest BCUT2D eigenvalue weighted by atomic mass is 10.0. The first-order chi connectivity index (χ1) is 10.4. The van der Waals surface area contributed by atoms with Gasteiger partial charge in [-0.3, -0.25) is 5.10 Å². The zero-order valence-electron chi connectivity index (χ0n) is 11.3. The number of nitrogens with zero attached hydrogens (tertiary/aromatic N) is 4. The molecule has 4 aromatic rings. The minimum absolute atomic E-state index is 0.844. The standard InChI is InChI=1S/C16H13N5/c1-2-4-16(21-8-7-17-11-21)13(3-1)9-12-5-6-14-15(10-12)19-20-18-14/h1-8,10-11H,9H2,(H,18,19,20). The van der Waals surface area contributed by atoms with Crippen LogP contribution in [-0.2, 0) is 6.42 Å². The molecule has 1 N–H and O–H groups in total. The highest BCUT2D eigenvalue weighted by Crippen LogP contribution is 2.20. The van der Waals surface area contributed by atoms with Crippen molar-refractivity contribution < 1.29 is 0 Å². The van der Waals surface area contributed by atoms with E-state index in [1.54, 1.807) is 6.20 Å². The fraction of sp³-hybridized carbons (Fsp3) is 0.0625. The number of aromatic nitrogens is 5. The SMILES string of the molecule is c1ccc(-n2ccnc2)c(Cc2ccc3[nH]nnc3c2)c1. The van der Waals surface area contributed by atoms with Crippen molar-refractivity contribution in [2.45, 2.75) is 6.42 Å². The third kappa shape index (κ3) is 2.18. The van der Waals surface area contributed by atoms with E-state index in [9.17, 15) is 0 Å². The van der Waals surface area contributed by atoms with Crippen molar-refractivity contribution in [2.24, 2.45) is 0 Å². The van der Waals surface area contributed by atoms with E-state index >= 15 is 0 Å². The van der Waals surface area contributed by atoms with Crippen molar-refractivity contribution in [3.05, 3.63) is 72.3 Å². The fourth-order valence-electron chi connectivity index (χ4n) is 2.53.